The molecule has 0 saturated heterocycles. The van der Waals surface area contributed by atoms with Gasteiger partial charge in [-0.25, -0.2) is 9.37 Å². The fraction of sp³-hybridized carbons (Fsp3) is 0.125. The second-order valence-electron chi connectivity index (χ2n) is 6.91. The van der Waals surface area contributed by atoms with Crippen molar-refractivity contribution in [2.45, 2.75) is 19.5 Å². The van der Waals surface area contributed by atoms with Crippen LogP contribution in [0.15, 0.2) is 83.5 Å². The van der Waals surface area contributed by atoms with Gasteiger partial charge in [0, 0.05) is 28.1 Å². The number of aromatic nitrogens is 2. The summed E-state index contributed by atoms with van der Waals surface area (Å²) in [5.74, 6) is 0.447. The van der Waals surface area contributed by atoms with Gasteiger partial charge in [-0.05, 0) is 41.8 Å². The lowest BCUT2D eigenvalue weighted by Crippen LogP contribution is -2.11. The topological polar surface area (TPSA) is 29.9 Å². The molecule has 1 aromatic heterocycles. The normalized spacial score (nSPS) is 10.9. The zero-order chi connectivity index (χ0) is 20.9. The van der Waals surface area contributed by atoms with Gasteiger partial charge in [-0.3, -0.25) is 0 Å². The van der Waals surface area contributed by atoms with Crippen LogP contribution < -0.4 is 5.32 Å². The fourth-order valence-corrected chi connectivity index (χ4v) is 3.96. The first-order valence-electron chi connectivity index (χ1n) is 9.64. The second kappa shape index (κ2) is 9.45. The van der Waals surface area contributed by atoms with E-state index in [1.165, 1.54) is 11.6 Å². The molecule has 0 aliphatic carbocycles. The lowest BCUT2D eigenvalue weighted by molar-refractivity contribution is 0.610. The summed E-state index contributed by atoms with van der Waals surface area (Å²) in [4.78, 5) is 4.58. The third kappa shape index (κ3) is 4.74. The molecule has 3 nitrogen and oxygen atoms in total. The third-order valence-corrected chi connectivity index (χ3v) is 5.94. The molecule has 3 aromatic carbocycles. The first-order valence-corrected chi connectivity index (χ1v) is 10.8. The summed E-state index contributed by atoms with van der Waals surface area (Å²) in [6.07, 6.45) is 2.70. The van der Waals surface area contributed by atoms with Crippen LogP contribution in [0.1, 0.15) is 11.1 Å². The predicted molar refractivity (Wildman–Crippen MR) is 124 cm³/mol. The Morgan fingerprint density at radius 2 is 1.73 bits per heavy atom. The molecule has 1 heterocycles. The number of anilines is 1. The molecule has 4 aromatic rings. The van der Waals surface area contributed by atoms with Gasteiger partial charge >= 0.3 is 0 Å². The Bertz CT molecular complexity index is 1110. The fourth-order valence-electron chi connectivity index (χ4n) is 3.35. The van der Waals surface area contributed by atoms with Crippen molar-refractivity contribution < 1.29 is 4.39 Å². The Morgan fingerprint density at radius 3 is 2.47 bits per heavy atom. The zero-order valence-electron chi connectivity index (χ0n) is 16.2. The zero-order valence-corrected chi connectivity index (χ0v) is 18.5. The highest BCUT2D eigenvalue weighted by molar-refractivity contribution is 9.10. The van der Waals surface area contributed by atoms with Crippen molar-refractivity contribution in [1.29, 1.82) is 0 Å². The van der Waals surface area contributed by atoms with E-state index < -0.39 is 0 Å². The Kier molecular flexibility index (Phi) is 6.50. The monoisotopic (exact) mass is 483 g/mol. The highest BCUT2D eigenvalue weighted by Crippen LogP contribution is 2.27. The van der Waals surface area contributed by atoms with Gasteiger partial charge in [0.05, 0.1) is 11.9 Å². The highest BCUT2D eigenvalue weighted by Gasteiger charge is 2.14. The van der Waals surface area contributed by atoms with Crippen LogP contribution >= 0.6 is 27.5 Å². The minimum Gasteiger partial charge on any atom is -0.351 e. The highest BCUT2D eigenvalue weighted by atomic mass is 79.9. The SMILES string of the molecule is Fc1cccc(Br)c1CNc1ncc(-c2ccc(Cl)cc2)n1CCc1ccccc1. The second-order valence-corrected chi connectivity index (χ2v) is 8.21. The standard InChI is InChI=1S/C24H20BrClFN3/c25-21-7-4-8-22(27)20(21)15-28-24-29-16-23(18-9-11-19(26)12-10-18)30(24)14-13-17-5-2-1-3-6-17/h1-12,16H,13-15H2,(H,28,29). The Hall–Kier alpha value is -2.63. The van der Waals surface area contributed by atoms with E-state index in [1.807, 2.05) is 54.7 Å². The van der Waals surface area contributed by atoms with Gasteiger partial charge in [0.15, 0.2) is 0 Å². The maximum Gasteiger partial charge on any atom is 0.203 e. The van der Waals surface area contributed by atoms with Gasteiger partial charge in [-0.15, -0.1) is 0 Å². The summed E-state index contributed by atoms with van der Waals surface area (Å²) in [6, 6.07) is 23.0. The summed E-state index contributed by atoms with van der Waals surface area (Å²) in [6.45, 7) is 1.07. The smallest absolute Gasteiger partial charge is 0.203 e. The molecule has 0 spiro atoms. The molecular weight excluding hydrogens is 465 g/mol. The molecule has 4 rings (SSSR count). The molecule has 0 atom stereocenters. The Morgan fingerprint density at radius 1 is 0.967 bits per heavy atom. The van der Waals surface area contributed by atoms with E-state index in [4.69, 9.17) is 11.6 Å². The van der Waals surface area contributed by atoms with Crippen molar-refractivity contribution in [1.82, 2.24) is 9.55 Å². The predicted octanol–water partition coefficient (Wildman–Crippen LogP) is 6.96. The molecule has 0 aliphatic heterocycles. The maximum absolute atomic E-state index is 14.2. The van der Waals surface area contributed by atoms with E-state index in [9.17, 15) is 4.39 Å². The molecule has 1 N–H and O–H groups in total. The molecule has 0 saturated carbocycles. The minimum absolute atomic E-state index is 0.253. The van der Waals surface area contributed by atoms with Crippen LogP contribution in [0.5, 0.6) is 0 Å². The maximum atomic E-state index is 14.2. The quantitative estimate of drug-likeness (QED) is 0.307. The average Bonchev–Trinajstić information content (AvgIpc) is 3.16. The van der Waals surface area contributed by atoms with E-state index in [-0.39, 0.29) is 5.82 Å². The van der Waals surface area contributed by atoms with Crippen LogP contribution in [0.4, 0.5) is 10.3 Å². The molecule has 0 amide bonds. The van der Waals surface area contributed by atoms with Gasteiger partial charge in [-0.2, -0.15) is 0 Å². The van der Waals surface area contributed by atoms with Gasteiger partial charge in [0.2, 0.25) is 5.95 Å². The van der Waals surface area contributed by atoms with Gasteiger partial charge in [-0.1, -0.05) is 76.1 Å². The number of hydrogen-bond acceptors (Lipinski definition) is 2. The average molecular weight is 485 g/mol. The molecule has 0 bridgehead atoms. The number of nitrogens with one attached hydrogen (secondary N) is 1. The molecule has 0 aliphatic rings. The largest absolute Gasteiger partial charge is 0.351 e. The molecule has 0 fully saturated rings. The number of hydrogen-bond donors (Lipinski definition) is 1. The molecule has 6 heteroatoms. The van der Waals surface area contributed by atoms with E-state index in [2.05, 4.69) is 42.9 Å². The number of aryl methyl sites for hydroxylation is 1. The molecule has 152 valence electrons. The summed E-state index contributed by atoms with van der Waals surface area (Å²) in [7, 11) is 0. The first kappa shape index (κ1) is 20.6. The Balaban J connectivity index is 1.62. The lowest BCUT2D eigenvalue weighted by atomic mass is 10.1. The summed E-state index contributed by atoms with van der Waals surface area (Å²) in [5, 5.41) is 4.00. The lowest BCUT2D eigenvalue weighted by Gasteiger charge is -2.14. The van der Waals surface area contributed by atoms with Crippen molar-refractivity contribution in [3.63, 3.8) is 0 Å². The van der Waals surface area contributed by atoms with E-state index in [0.717, 1.165) is 28.7 Å². The Labute approximate surface area is 188 Å². The molecule has 0 radical (unpaired) electrons. The van der Waals surface area contributed by atoms with E-state index in [1.54, 1.807) is 6.07 Å². The number of imidazole rings is 1. The molecular formula is C24H20BrClFN3. The van der Waals surface area contributed by atoms with Crippen LogP contribution in [0.2, 0.25) is 5.02 Å². The summed E-state index contributed by atoms with van der Waals surface area (Å²) in [5.41, 5.74) is 3.83. The van der Waals surface area contributed by atoms with Crippen molar-refractivity contribution in [2.75, 3.05) is 5.32 Å². The van der Waals surface area contributed by atoms with Gasteiger partial charge in [0.25, 0.3) is 0 Å². The first-order chi connectivity index (χ1) is 14.6. The van der Waals surface area contributed by atoms with Crippen LogP contribution in [-0.2, 0) is 19.5 Å². The minimum atomic E-state index is -0.253. The summed E-state index contributed by atoms with van der Waals surface area (Å²) >= 11 is 9.49. The number of rotatable bonds is 7. The van der Waals surface area contributed by atoms with Crippen LogP contribution in [0.25, 0.3) is 11.3 Å². The van der Waals surface area contributed by atoms with Crippen molar-refractivity contribution in [3.8, 4) is 11.3 Å². The van der Waals surface area contributed by atoms with Crippen LogP contribution in [0.3, 0.4) is 0 Å². The van der Waals surface area contributed by atoms with Crippen LogP contribution in [-0.4, -0.2) is 9.55 Å². The molecule has 30 heavy (non-hydrogen) atoms. The summed E-state index contributed by atoms with van der Waals surface area (Å²) < 4.78 is 17.1. The molecule has 0 unspecified atom stereocenters. The number of benzene rings is 3. The van der Waals surface area contributed by atoms with E-state index in [0.29, 0.717) is 23.1 Å². The third-order valence-electron chi connectivity index (χ3n) is 4.95. The van der Waals surface area contributed by atoms with Gasteiger partial charge < -0.3 is 9.88 Å². The van der Waals surface area contributed by atoms with Crippen molar-refractivity contribution >= 4 is 33.5 Å². The van der Waals surface area contributed by atoms with Crippen molar-refractivity contribution in [3.05, 3.63) is 105 Å². The van der Waals surface area contributed by atoms with Crippen molar-refractivity contribution in [2.24, 2.45) is 0 Å². The number of halogens is 3. The number of nitrogens with zero attached hydrogens (tertiary/aromatic N) is 2. The van der Waals surface area contributed by atoms with Crippen LogP contribution in [0, 0.1) is 5.82 Å². The van der Waals surface area contributed by atoms with Gasteiger partial charge in [0.1, 0.15) is 5.82 Å². The van der Waals surface area contributed by atoms with E-state index >= 15 is 0 Å².